The molecule has 242 valence electrons. The minimum absolute atomic E-state index is 0.0109. The summed E-state index contributed by atoms with van der Waals surface area (Å²) in [5, 5.41) is 16.1. The SMILES string of the molecule is CCOC(=O)NC1=C2C[C@@H](C)C[C@H](OC)[C@H](O)[C@@H](C)/C=C(\C)[C@H](OC(N)=O)[C@@H](OC)/C=C\C=C(/C)C(=O)NC(=CC1=O)C2=O. The molecule has 0 spiro atoms. The maximum absolute atomic E-state index is 13.6. The molecule has 1 heterocycles. The summed E-state index contributed by atoms with van der Waals surface area (Å²) in [5.41, 5.74) is 5.55. The number of carbonyl (C=O) groups is 5. The fraction of sp³-hybridized carbons (Fsp3) is 0.516. The highest BCUT2D eigenvalue weighted by Gasteiger charge is 2.34. The zero-order valence-electron chi connectivity index (χ0n) is 26.2. The van der Waals surface area contributed by atoms with Gasteiger partial charge in [-0.3, -0.25) is 19.7 Å². The molecule has 1 aliphatic heterocycles. The molecule has 13 nitrogen and oxygen atoms in total. The summed E-state index contributed by atoms with van der Waals surface area (Å²) < 4.78 is 21.4. The molecule has 0 radical (unpaired) electrons. The Morgan fingerprint density at radius 1 is 1.14 bits per heavy atom. The van der Waals surface area contributed by atoms with Crippen LogP contribution in [0.1, 0.15) is 47.5 Å². The fourth-order valence-electron chi connectivity index (χ4n) is 4.99. The molecule has 0 saturated heterocycles. The Morgan fingerprint density at radius 3 is 2.41 bits per heavy atom. The van der Waals surface area contributed by atoms with Gasteiger partial charge >= 0.3 is 12.2 Å². The van der Waals surface area contributed by atoms with Gasteiger partial charge in [0, 0.05) is 37.4 Å². The molecule has 44 heavy (non-hydrogen) atoms. The smallest absolute Gasteiger partial charge is 0.411 e. The van der Waals surface area contributed by atoms with Crippen LogP contribution in [0.4, 0.5) is 9.59 Å². The molecule has 3 amide bonds. The first-order chi connectivity index (χ1) is 20.7. The number of hydrogen-bond donors (Lipinski definition) is 4. The number of ketones is 2. The molecule has 6 atom stereocenters. The summed E-state index contributed by atoms with van der Waals surface area (Å²) in [4.78, 5) is 63.6. The van der Waals surface area contributed by atoms with Crippen LogP contribution >= 0.6 is 0 Å². The third-order valence-corrected chi connectivity index (χ3v) is 7.30. The molecule has 5 N–H and O–H groups in total. The van der Waals surface area contributed by atoms with Gasteiger partial charge in [0.15, 0.2) is 6.10 Å². The second kappa shape index (κ2) is 16.7. The van der Waals surface area contributed by atoms with Crippen molar-refractivity contribution in [2.45, 2.75) is 71.9 Å². The number of hydrogen-bond acceptors (Lipinski definition) is 10. The highest BCUT2D eigenvalue weighted by Crippen LogP contribution is 2.29. The van der Waals surface area contributed by atoms with Crippen molar-refractivity contribution < 1.29 is 48.0 Å². The zero-order valence-corrected chi connectivity index (χ0v) is 26.2. The van der Waals surface area contributed by atoms with Gasteiger partial charge in [-0.05, 0) is 45.1 Å². The van der Waals surface area contributed by atoms with Gasteiger partial charge in [0.25, 0.3) is 5.91 Å². The minimum Gasteiger partial charge on any atom is -0.450 e. The van der Waals surface area contributed by atoms with E-state index in [1.807, 2.05) is 0 Å². The molecule has 13 heteroatoms. The van der Waals surface area contributed by atoms with Crippen molar-refractivity contribution in [1.29, 1.82) is 0 Å². The molecular formula is C31H43N3O10. The van der Waals surface area contributed by atoms with E-state index in [-0.39, 0.29) is 47.9 Å². The molecule has 2 aliphatic rings. The van der Waals surface area contributed by atoms with E-state index < -0.39 is 60.0 Å². The quantitative estimate of drug-likeness (QED) is 0.263. The van der Waals surface area contributed by atoms with Crippen LogP contribution in [0.25, 0.3) is 0 Å². The number of fused-ring (bicyclic) bond motifs is 2. The van der Waals surface area contributed by atoms with Crippen molar-refractivity contribution in [3.05, 3.63) is 58.5 Å². The van der Waals surface area contributed by atoms with Crippen molar-refractivity contribution in [2.75, 3.05) is 20.8 Å². The van der Waals surface area contributed by atoms with Gasteiger partial charge in [-0.1, -0.05) is 38.2 Å². The van der Waals surface area contributed by atoms with E-state index in [9.17, 15) is 29.1 Å². The molecule has 1 aliphatic carbocycles. The molecule has 0 fully saturated rings. The van der Waals surface area contributed by atoms with E-state index in [0.29, 0.717) is 5.57 Å². The lowest BCUT2D eigenvalue weighted by atomic mass is 9.85. The average molecular weight is 618 g/mol. The van der Waals surface area contributed by atoms with Gasteiger partial charge < -0.3 is 35.1 Å². The van der Waals surface area contributed by atoms with Crippen LogP contribution in [0, 0.1) is 11.8 Å². The first-order valence-corrected chi connectivity index (χ1v) is 14.3. The lowest BCUT2D eigenvalue weighted by Crippen LogP contribution is -2.38. The van der Waals surface area contributed by atoms with Crippen LogP contribution in [0.3, 0.4) is 0 Å². The van der Waals surface area contributed by atoms with Crippen molar-refractivity contribution >= 4 is 29.7 Å². The summed E-state index contributed by atoms with van der Waals surface area (Å²) in [5.74, 6) is -2.83. The monoisotopic (exact) mass is 617 g/mol. The van der Waals surface area contributed by atoms with Gasteiger partial charge in [0.2, 0.25) is 11.6 Å². The van der Waals surface area contributed by atoms with Crippen molar-refractivity contribution in [1.82, 2.24) is 10.6 Å². The number of Topliss-reactive ketones (excluding diaryl/α,β-unsaturated/α-hetero) is 1. The van der Waals surface area contributed by atoms with Gasteiger partial charge in [0.05, 0.1) is 30.2 Å². The number of alkyl carbamates (subject to hydrolysis) is 1. The van der Waals surface area contributed by atoms with E-state index in [2.05, 4.69) is 10.6 Å². The Kier molecular flexibility index (Phi) is 13.7. The summed E-state index contributed by atoms with van der Waals surface area (Å²) in [7, 11) is 2.85. The average Bonchev–Trinajstić information content (AvgIpc) is 2.96. The Bertz CT molecular complexity index is 1280. The topological polar surface area (TPSA) is 193 Å². The maximum Gasteiger partial charge on any atom is 0.411 e. The molecule has 0 aromatic carbocycles. The number of methoxy groups -OCH3 is 2. The molecule has 0 saturated carbocycles. The highest BCUT2D eigenvalue weighted by atomic mass is 16.6. The van der Waals surface area contributed by atoms with Gasteiger partial charge in [-0.25, -0.2) is 9.59 Å². The Hall–Kier alpha value is -4.07. The lowest BCUT2D eigenvalue weighted by molar-refractivity contribution is -0.120. The second-order valence-electron chi connectivity index (χ2n) is 10.8. The molecule has 2 bridgehead atoms. The molecule has 0 aromatic rings. The Labute approximate surface area is 257 Å². The first kappa shape index (κ1) is 36.1. The second-order valence-corrected chi connectivity index (χ2v) is 10.8. The maximum atomic E-state index is 13.6. The summed E-state index contributed by atoms with van der Waals surface area (Å²) in [6, 6.07) is 0. The lowest BCUT2D eigenvalue weighted by Gasteiger charge is -2.30. The third-order valence-electron chi connectivity index (χ3n) is 7.30. The molecule has 0 aromatic heterocycles. The summed E-state index contributed by atoms with van der Waals surface area (Å²) in [6.45, 7) is 8.42. The number of amides is 3. The summed E-state index contributed by atoms with van der Waals surface area (Å²) >= 11 is 0. The number of aliphatic hydroxyl groups excluding tert-OH is 1. The number of ether oxygens (including phenoxy) is 4. The normalized spacial score (nSPS) is 30.6. The van der Waals surface area contributed by atoms with E-state index in [1.54, 1.807) is 39.8 Å². The van der Waals surface area contributed by atoms with Gasteiger partial charge in [-0.2, -0.15) is 0 Å². The predicted octanol–water partition coefficient (Wildman–Crippen LogP) is 2.51. The number of rotatable bonds is 5. The number of primary amides is 1. The van der Waals surface area contributed by atoms with E-state index >= 15 is 0 Å². The molecular weight excluding hydrogens is 574 g/mol. The zero-order chi connectivity index (χ0) is 33.1. The molecule has 2 rings (SSSR count). The van der Waals surface area contributed by atoms with Crippen molar-refractivity contribution in [2.24, 2.45) is 17.6 Å². The number of allylic oxidation sites excluding steroid dienone is 4. The van der Waals surface area contributed by atoms with Gasteiger partial charge in [0.1, 0.15) is 6.10 Å². The van der Waals surface area contributed by atoms with E-state index in [0.717, 1.165) is 6.08 Å². The third kappa shape index (κ3) is 9.73. The van der Waals surface area contributed by atoms with Crippen LogP contribution in [0.5, 0.6) is 0 Å². The summed E-state index contributed by atoms with van der Waals surface area (Å²) in [6.07, 6.45) is 2.04. The van der Waals surface area contributed by atoms with Crippen molar-refractivity contribution in [3.8, 4) is 0 Å². The van der Waals surface area contributed by atoms with Crippen LogP contribution in [-0.2, 0) is 33.3 Å². The largest absolute Gasteiger partial charge is 0.450 e. The highest BCUT2D eigenvalue weighted by molar-refractivity contribution is 6.24. The number of aliphatic hydroxyl groups is 1. The van der Waals surface area contributed by atoms with Crippen LogP contribution < -0.4 is 16.4 Å². The molecule has 0 unspecified atom stereocenters. The van der Waals surface area contributed by atoms with Crippen LogP contribution in [0.2, 0.25) is 0 Å². The number of nitrogens with one attached hydrogen (secondary N) is 2. The number of carbonyl (C=O) groups excluding carboxylic acids is 5. The number of nitrogens with two attached hydrogens (primary N) is 1. The van der Waals surface area contributed by atoms with E-state index in [1.165, 1.54) is 33.3 Å². The van der Waals surface area contributed by atoms with Crippen molar-refractivity contribution in [3.63, 3.8) is 0 Å². The Balaban J connectivity index is 2.64. The minimum atomic E-state index is -1.03. The van der Waals surface area contributed by atoms with E-state index in [4.69, 9.17) is 24.7 Å². The fourth-order valence-corrected chi connectivity index (χ4v) is 4.99. The first-order valence-electron chi connectivity index (χ1n) is 14.3. The Morgan fingerprint density at radius 2 is 1.82 bits per heavy atom. The standard InChI is InChI=1S/C31H43N3O10/c1-8-43-31(40)34-25-20-12-16(2)13-24(42-7)26(36)18(4)14-19(5)28(44-30(32)39)23(41-6)11-9-10-17(3)29(38)33-21(27(20)37)15-22(25)35/h9-11,14-16,18,23-24,26,28,36H,8,12-13H2,1-7H3,(H2,32,39)(H,33,38)(H,34,40)/b11-9-,17-10+,19-14+/t16-,18+,23+,24+,26-,28+/m1/s1. The van der Waals surface area contributed by atoms with Crippen LogP contribution in [0.15, 0.2) is 58.5 Å². The van der Waals surface area contributed by atoms with Crippen LogP contribution in [-0.4, -0.2) is 80.0 Å². The predicted molar refractivity (Wildman–Crippen MR) is 160 cm³/mol. The van der Waals surface area contributed by atoms with Gasteiger partial charge in [-0.15, -0.1) is 0 Å².